The summed E-state index contributed by atoms with van der Waals surface area (Å²) in [6.45, 7) is 8.22. The van der Waals surface area contributed by atoms with E-state index in [0.717, 1.165) is 43.1 Å². The number of carbonyl (C=O) groups excluding carboxylic acids is 2. The van der Waals surface area contributed by atoms with Crippen LogP contribution in [-0.2, 0) is 29.1 Å². The van der Waals surface area contributed by atoms with Crippen molar-refractivity contribution in [3.05, 3.63) is 108 Å². The van der Waals surface area contributed by atoms with Crippen LogP contribution < -0.4 is 0 Å². The summed E-state index contributed by atoms with van der Waals surface area (Å²) in [7, 11) is 0. The van der Waals surface area contributed by atoms with Gasteiger partial charge in [0.05, 0.1) is 29.1 Å². The maximum Gasteiger partial charge on any atom is 0.263 e. The minimum absolute atomic E-state index is 0.185. The first kappa shape index (κ1) is 27.1. The molecule has 2 aliphatic rings. The largest absolute Gasteiger partial charge is 0.344 e. The van der Waals surface area contributed by atoms with E-state index < -0.39 is 0 Å². The van der Waals surface area contributed by atoms with Crippen molar-refractivity contribution in [2.75, 3.05) is 26.5 Å². The summed E-state index contributed by atoms with van der Waals surface area (Å²) in [5, 5.41) is 0. The van der Waals surface area contributed by atoms with Crippen molar-refractivity contribution in [1.82, 2.24) is 9.80 Å². The highest BCUT2D eigenvalue weighted by Crippen LogP contribution is 2.46. The van der Waals surface area contributed by atoms with Crippen LogP contribution in [-0.4, -0.2) is 48.1 Å². The maximum atomic E-state index is 14.0. The molecule has 0 saturated heterocycles. The molecule has 0 N–H and O–H groups in total. The van der Waals surface area contributed by atoms with Crippen LogP contribution in [0.3, 0.4) is 0 Å². The van der Waals surface area contributed by atoms with Gasteiger partial charge in [-0.1, -0.05) is 86.2 Å². The van der Waals surface area contributed by atoms with Gasteiger partial charge in [0.15, 0.2) is 6.73 Å². The number of unbranched alkanes of at least 4 members (excludes halogenated alkanes) is 3. The number of hydrogen-bond donors (Lipinski definition) is 0. The first-order valence-electron chi connectivity index (χ1n) is 12.7. The third-order valence-corrected chi connectivity index (χ3v) is 6.22. The second-order valence-corrected chi connectivity index (χ2v) is 8.69. The van der Waals surface area contributed by atoms with E-state index in [2.05, 4.69) is 13.2 Å². The van der Waals surface area contributed by atoms with E-state index >= 15 is 0 Å². The Labute approximate surface area is 222 Å². The van der Waals surface area contributed by atoms with Gasteiger partial charge in [-0.25, -0.2) is 9.78 Å². The van der Waals surface area contributed by atoms with E-state index in [1.807, 2.05) is 60.7 Å². The van der Waals surface area contributed by atoms with Gasteiger partial charge in [-0.05, 0) is 24.0 Å². The lowest BCUT2D eigenvalue weighted by molar-refractivity contribution is -0.286. The lowest BCUT2D eigenvalue weighted by Crippen LogP contribution is -2.31. The molecule has 0 aliphatic carbocycles. The number of fused-ring (bicyclic) bond motifs is 1. The second kappa shape index (κ2) is 13.5. The molecule has 2 heterocycles. The monoisotopic (exact) mass is 516 g/mol. The SMILES string of the molecule is C=CCOOCCCCCCN1C(=O)C2=C(c3ccccc3)N(COOC=C)C(=O)C2=C1c1ccccc1. The van der Waals surface area contributed by atoms with Crippen molar-refractivity contribution < 1.29 is 29.1 Å². The molecule has 8 nitrogen and oxygen atoms in total. The highest BCUT2D eigenvalue weighted by molar-refractivity contribution is 6.30. The van der Waals surface area contributed by atoms with Crippen LogP contribution in [0.25, 0.3) is 11.4 Å². The van der Waals surface area contributed by atoms with Crippen LogP contribution in [0.1, 0.15) is 36.8 Å². The van der Waals surface area contributed by atoms with Crippen molar-refractivity contribution in [2.45, 2.75) is 25.7 Å². The van der Waals surface area contributed by atoms with Crippen molar-refractivity contribution in [3.8, 4) is 0 Å². The van der Waals surface area contributed by atoms with Gasteiger partial charge in [0.2, 0.25) is 0 Å². The fraction of sp³-hybridized carbons (Fsp3) is 0.267. The van der Waals surface area contributed by atoms with E-state index in [4.69, 9.17) is 19.6 Å². The highest BCUT2D eigenvalue weighted by atomic mass is 17.2. The Bertz CT molecular complexity index is 1210. The molecule has 0 radical (unpaired) electrons. The zero-order valence-electron chi connectivity index (χ0n) is 21.3. The van der Waals surface area contributed by atoms with Gasteiger partial charge in [-0.15, -0.1) is 6.58 Å². The highest BCUT2D eigenvalue weighted by Gasteiger charge is 2.48. The van der Waals surface area contributed by atoms with E-state index in [-0.39, 0.29) is 18.5 Å². The van der Waals surface area contributed by atoms with Crippen LogP contribution >= 0.6 is 0 Å². The summed E-state index contributed by atoms with van der Waals surface area (Å²) in [6, 6.07) is 18.9. The fourth-order valence-electron chi connectivity index (χ4n) is 4.60. The van der Waals surface area contributed by atoms with E-state index in [9.17, 15) is 9.59 Å². The van der Waals surface area contributed by atoms with Gasteiger partial charge in [-0.3, -0.25) is 14.5 Å². The molecule has 2 amide bonds. The molecule has 0 fully saturated rings. The van der Waals surface area contributed by atoms with Gasteiger partial charge in [0.25, 0.3) is 11.8 Å². The predicted molar refractivity (Wildman–Crippen MR) is 143 cm³/mol. The average Bonchev–Trinajstić information content (AvgIpc) is 3.39. The third-order valence-electron chi connectivity index (χ3n) is 6.22. The van der Waals surface area contributed by atoms with Gasteiger partial charge >= 0.3 is 0 Å². The van der Waals surface area contributed by atoms with Crippen molar-refractivity contribution in [1.29, 1.82) is 0 Å². The van der Waals surface area contributed by atoms with Crippen LogP contribution in [0.2, 0.25) is 0 Å². The smallest absolute Gasteiger partial charge is 0.263 e. The summed E-state index contributed by atoms with van der Waals surface area (Å²) < 4.78 is 0. The molecular formula is C30H32N2O6. The Kier molecular flexibility index (Phi) is 9.64. The van der Waals surface area contributed by atoms with Gasteiger partial charge in [-0.2, -0.15) is 4.89 Å². The summed E-state index contributed by atoms with van der Waals surface area (Å²) in [6.07, 6.45) is 6.24. The van der Waals surface area contributed by atoms with Crippen molar-refractivity contribution in [3.63, 3.8) is 0 Å². The first-order valence-corrected chi connectivity index (χ1v) is 12.7. The summed E-state index contributed by atoms with van der Waals surface area (Å²) in [5.41, 5.74) is 3.46. The number of nitrogens with zero attached hydrogens (tertiary/aromatic N) is 2. The Morgan fingerprint density at radius 2 is 1.26 bits per heavy atom. The first-order chi connectivity index (χ1) is 18.7. The Hall–Kier alpha value is -3.98. The molecule has 0 bridgehead atoms. The van der Waals surface area contributed by atoms with Crippen LogP contribution in [0.4, 0.5) is 0 Å². The molecule has 0 unspecified atom stereocenters. The van der Waals surface area contributed by atoms with Gasteiger partial charge in [0.1, 0.15) is 12.9 Å². The molecule has 4 rings (SSSR count). The average molecular weight is 517 g/mol. The van der Waals surface area contributed by atoms with E-state index in [1.165, 1.54) is 4.90 Å². The lowest BCUT2D eigenvalue weighted by Gasteiger charge is -2.24. The molecule has 2 aromatic rings. The lowest BCUT2D eigenvalue weighted by atomic mass is 10.0. The van der Waals surface area contributed by atoms with Crippen LogP contribution in [0, 0.1) is 0 Å². The molecule has 198 valence electrons. The van der Waals surface area contributed by atoms with Gasteiger partial charge < -0.3 is 9.79 Å². The number of carbonyl (C=O) groups is 2. The molecule has 0 spiro atoms. The standard InChI is InChI=1S/C30H32N2O6/c1-3-20-36-37-21-14-6-5-13-19-31-27(23-15-9-7-10-16-23)25-26(29(31)33)28(24-17-11-8-12-18-24)32(30(25)34)22-38-35-4-2/h3-4,7-12,15-18H,1-2,5-6,13-14,19-22H2. The molecule has 0 atom stereocenters. The molecule has 8 heteroatoms. The predicted octanol–water partition coefficient (Wildman–Crippen LogP) is 5.24. The second-order valence-electron chi connectivity index (χ2n) is 8.69. The minimum Gasteiger partial charge on any atom is -0.344 e. The van der Waals surface area contributed by atoms with E-state index in [0.29, 0.717) is 42.3 Å². The third kappa shape index (κ3) is 5.94. The quantitative estimate of drug-likeness (QED) is 0.0999. The zero-order chi connectivity index (χ0) is 26.7. The normalized spacial score (nSPS) is 14.9. The summed E-state index contributed by atoms with van der Waals surface area (Å²) >= 11 is 0. The van der Waals surface area contributed by atoms with Crippen molar-refractivity contribution in [2.24, 2.45) is 0 Å². The molecule has 2 aromatic carbocycles. The topological polar surface area (TPSA) is 77.5 Å². The number of amides is 2. The van der Waals surface area contributed by atoms with Crippen molar-refractivity contribution >= 4 is 23.2 Å². The zero-order valence-corrected chi connectivity index (χ0v) is 21.3. The van der Waals surface area contributed by atoms with Crippen LogP contribution in [0.5, 0.6) is 0 Å². The molecule has 38 heavy (non-hydrogen) atoms. The maximum absolute atomic E-state index is 14.0. The summed E-state index contributed by atoms with van der Waals surface area (Å²) in [4.78, 5) is 51.0. The Morgan fingerprint density at radius 3 is 1.87 bits per heavy atom. The minimum atomic E-state index is -0.308. The van der Waals surface area contributed by atoms with Gasteiger partial charge in [0, 0.05) is 6.54 Å². The molecule has 0 aromatic heterocycles. The fourth-order valence-corrected chi connectivity index (χ4v) is 4.60. The number of hydrogen-bond acceptors (Lipinski definition) is 6. The van der Waals surface area contributed by atoms with Crippen LogP contribution in [0.15, 0.2) is 97.3 Å². The number of benzene rings is 2. The van der Waals surface area contributed by atoms with E-state index in [1.54, 1.807) is 11.0 Å². The number of rotatable bonds is 16. The summed E-state index contributed by atoms with van der Waals surface area (Å²) in [5.74, 6) is -0.503. The molecule has 2 aliphatic heterocycles. The molecular weight excluding hydrogens is 484 g/mol. The Morgan fingerprint density at radius 1 is 0.684 bits per heavy atom. The molecule has 0 saturated carbocycles. The Balaban J connectivity index is 1.61.